The Morgan fingerprint density at radius 3 is 2.00 bits per heavy atom. The van der Waals surface area contributed by atoms with Crippen LogP contribution in [-0.4, -0.2) is 27.5 Å². The first-order chi connectivity index (χ1) is 8.00. The van der Waals surface area contributed by atoms with Gasteiger partial charge in [0.15, 0.2) is 0 Å². The van der Waals surface area contributed by atoms with Gasteiger partial charge >= 0.3 is 0 Å². The zero-order valence-corrected chi connectivity index (χ0v) is 13.1. The van der Waals surface area contributed by atoms with E-state index < -0.39 is 0 Å². The van der Waals surface area contributed by atoms with Gasteiger partial charge in [-0.1, -0.05) is 13.3 Å². The van der Waals surface area contributed by atoms with Gasteiger partial charge in [0.2, 0.25) is 0 Å². The number of Topliss-reactive ketones (excluding diaryl/α,β-unsaturated/α-hetero) is 1. The second-order valence-corrected chi connectivity index (χ2v) is 7.41. The Hall–Kier alpha value is -0.410. The van der Waals surface area contributed by atoms with Crippen molar-refractivity contribution in [1.82, 2.24) is 5.06 Å². The largest absolute Gasteiger partial charge is 0.300 e. The minimum atomic E-state index is -0.232. The summed E-state index contributed by atoms with van der Waals surface area (Å²) in [6.45, 7) is 14.8. The number of rotatable bonds is 4. The quantitative estimate of drug-likeness (QED) is 0.767. The molecule has 3 nitrogen and oxygen atoms in total. The van der Waals surface area contributed by atoms with Crippen molar-refractivity contribution in [3.63, 3.8) is 0 Å². The van der Waals surface area contributed by atoms with E-state index in [-0.39, 0.29) is 16.7 Å². The van der Waals surface area contributed by atoms with Crippen molar-refractivity contribution in [1.29, 1.82) is 0 Å². The van der Waals surface area contributed by atoms with Crippen LogP contribution in [-0.2, 0) is 9.63 Å². The molecule has 1 aliphatic heterocycles. The maximum atomic E-state index is 11.8. The van der Waals surface area contributed by atoms with Crippen LogP contribution in [0.2, 0.25) is 0 Å². The standard InChI is InChI=1S/C15H29NO2/c1-8-9-15(6,7)18-16-13(2,3)10-12(17)11-14(16,4)5/h8-11H2,1-7H3. The van der Waals surface area contributed by atoms with Crippen molar-refractivity contribution in [3.05, 3.63) is 0 Å². The summed E-state index contributed by atoms with van der Waals surface area (Å²) in [5, 5.41) is 2.07. The highest BCUT2D eigenvalue weighted by Crippen LogP contribution is 2.39. The SMILES string of the molecule is CCCC(C)(C)ON1C(C)(C)CC(=O)CC1(C)C. The molecular formula is C15H29NO2. The lowest BCUT2D eigenvalue weighted by Crippen LogP contribution is -2.62. The van der Waals surface area contributed by atoms with Crippen LogP contribution in [0.25, 0.3) is 0 Å². The fraction of sp³-hybridized carbons (Fsp3) is 0.933. The van der Waals surface area contributed by atoms with Gasteiger partial charge in [-0.25, -0.2) is 0 Å². The van der Waals surface area contributed by atoms with Crippen LogP contribution in [0.15, 0.2) is 0 Å². The van der Waals surface area contributed by atoms with Gasteiger partial charge < -0.3 is 0 Å². The number of hydrogen-bond acceptors (Lipinski definition) is 3. The molecule has 0 aromatic carbocycles. The summed E-state index contributed by atoms with van der Waals surface area (Å²) in [6, 6.07) is 0. The summed E-state index contributed by atoms with van der Waals surface area (Å²) in [7, 11) is 0. The third kappa shape index (κ3) is 3.55. The van der Waals surface area contributed by atoms with Crippen molar-refractivity contribution in [2.75, 3.05) is 0 Å². The van der Waals surface area contributed by atoms with Crippen LogP contribution in [0.5, 0.6) is 0 Å². The molecular weight excluding hydrogens is 226 g/mol. The highest BCUT2D eigenvalue weighted by molar-refractivity contribution is 5.81. The zero-order chi connectivity index (χ0) is 14.2. The molecule has 0 aromatic heterocycles. The number of carbonyl (C=O) groups excluding carboxylic acids is 1. The molecule has 0 radical (unpaired) electrons. The first kappa shape index (κ1) is 15.6. The van der Waals surface area contributed by atoms with Gasteiger partial charge in [-0.2, -0.15) is 5.06 Å². The van der Waals surface area contributed by atoms with E-state index in [4.69, 9.17) is 4.84 Å². The monoisotopic (exact) mass is 255 g/mol. The predicted molar refractivity (Wildman–Crippen MR) is 74.3 cm³/mol. The third-order valence-corrected chi connectivity index (χ3v) is 3.55. The van der Waals surface area contributed by atoms with E-state index in [2.05, 4.69) is 53.5 Å². The van der Waals surface area contributed by atoms with Crippen molar-refractivity contribution in [2.24, 2.45) is 0 Å². The van der Waals surface area contributed by atoms with Gasteiger partial charge in [-0.3, -0.25) is 9.63 Å². The molecule has 1 saturated heterocycles. The number of ketones is 1. The third-order valence-electron chi connectivity index (χ3n) is 3.55. The second kappa shape index (κ2) is 4.93. The molecule has 1 heterocycles. The molecule has 0 N–H and O–H groups in total. The Morgan fingerprint density at radius 2 is 1.61 bits per heavy atom. The first-order valence-corrected chi connectivity index (χ1v) is 7.01. The average Bonchev–Trinajstić information content (AvgIpc) is 2.09. The Labute approximate surface area is 112 Å². The molecule has 1 fully saturated rings. The maximum absolute atomic E-state index is 11.8. The van der Waals surface area contributed by atoms with Crippen LogP contribution in [0.4, 0.5) is 0 Å². The molecule has 0 bridgehead atoms. The Kier molecular flexibility index (Phi) is 4.29. The second-order valence-electron chi connectivity index (χ2n) is 7.41. The molecule has 3 heteroatoms. The van der Waals surface area contributed by atoms with Crippen molar-refractivity contribution in [2.45, 2.75) is 90.8 Å². The molecule has 106 valence electrons. The number of hydrogen-bond donors (Lipinski definition) is 0. The van der Waals surface area contributed by atoms with Gasteiger partial charge in [0, 0.05) is 23.9 Å². The highest BCUT2D eigenvalue weighted by Gasteiger charge is 2.47. The lowest BCUT2D eigenvalue weighted by atomic mass is 9.81. The molecule has 1 aliphatic rings. The van der Waals surface area contributed by atoms with Gasteiger partial charge in [0.1, 0.15) is 5.78 Å². The first-order valence-electron chi connectivity index (χ1n) is 7.01. The molecule has 18 heavy (non-hydrogen) atoms. The van der Waals surface area contributed by atoms with E-state index in [1.165, 1.54) is 0 Å². The number of nitrogens with zero attached hydrogens (tertiary/aromatic N) is 1. The van der Waals surface area contributed by atoms with Gasteiger partial charge in [-0.05, 0) is 48.0 Å². The van der Waals surface area contributed by atoms with Gasteiger partial charge in [0.05, 0.1) is 5.60 Å². The van der Waals surface area contributed by atoms with Gasteiger partial charge in [0.25, 0.3) is 0 Å². The zero-order valence-electron chi connectivity index (χ0n) is 13.1. The molecule has 0 aliphatic carbocycles. The molecule has 0 amide bonds. The predicted octanol–water partition coefficient (Wildman–Crippen LogP) is 3.72. The van der Waals surface area contributed by atoms with E-state index in [0.29, 0.717) is 18.6 Å². The smallest absolute Gasteiger partial charge is 0.136 e. The molecule has 0 saturated carbocycles. The van der Waals surface area contributed by atoms with Crippen LogP contribution < -0.4 is 0 Å². The topological polar surface area (TPSA) is 29.5 Å². The van der Waals surface area contributed by atoms with E-state index >= 15 is 0 Å². The maximum Gasteiger partial charge on any atom is 0.136 e. The van der Waals surface area contributed by atoms with Crippen LogP contribution in [0, 0.1) is 0 Å². The Balaban J connectivity index is 2.93. The van der Waals surface area contributed by atoms with Crippen LogP contribution in [0.3, 0.4) is 0 Å². The molecule has 0 unspecified atom stereocenters. The van der Waals surface area contributed by atoms with E-state index in [9.17, 15) is 4.79 Å². The fourth-order valence-corrected chi connectivity index (χ4v) is 3.13. The molecule has 1 rings (SSSR count). The van der Waals surface area contributed by atoms with E-state index in [0.717, 1.165) is 12.8 Å². The normalized spacial score (nSPS) is 24.3. The number of piperidine rings is 1. The van der Waals surface area contributed by atoms with E-state index in [1.807, 2.05) is 0 Å². The highest BCUT2D eigenvalue weighted by atomic mass is 16.7. The Morgan fingerprint density at radius 1 is 1.17 bits per heavy atom. The summed E-state index contributed by atoms with van der Waals surface area (Å²) >= 11 is 0. The van der Waals surface area contributed by atoms with Crippen LogP contribution >= 0.6 is 0 Å². The lowest BCUT2D eigenvalue weighted by Gasteiger charge is -2.53. The minimum Gasteiger partial charge on any atom is -0.300 e. The summed E-state index contributed by atoms with van der Waals surface area (Å²) in [6.07, 6.45) is 3.25. The van der Waals surface area contributed by atoms with Crippen molar-refractivity contribution >= 4 is 5.78 Å². The number of hydroxylamine groups is 2. The van der Waals surface area contributed by atoms with Crippen LogP contribution in [0.1, 0.15) is 74.1 Å². The fourth-order valence-electron chi connectivity index (χ4n) is 3.13. The minimum absolute atomic E-state index is 0.177. The summed E-state index contributed by atoms with van der Waals surface area (Å²) in [5.41, 5.74) is -0.642. The molecule has 0 spiro atoms. The number of carbonyl (C=O) groups is 1. The Bertz CT molecular complexity index is 298. The summed E-state index contributed by atoms with van der Waals surface area (Å²) in [5.74, 6) is 0.332. The summed E-state index contributed by atoms with van der Waals surface area (Å²) in [4.78, 5) is 18.1. The summed E-state index contributed by atoms with van der Waals surface area (Å²) < 4.78 is 0. The molecule has 0 aromatic rings. The average molecular weight is 255 g/mol. The van der Waals surface area contributed by atoms with E-state index in [1.54, 1.807) is 0 Å². The van der Waals surface area contributed by atoms with Crippen molar-refractivity contribution < 1.29 is 9.63 Å². The van der Waals surface area contributed by atoms with Crippen molar-refractivity contribution in [3.8, 4) is 0 Å². The van der Waals surface area contributed by atoms with Gasteiger partial charge in [-0.15, -0.1) is 0 Å². The molecule has 0 atom stereocenters. The lowest BCUT2D eigenvalue weighted by molar-refractivity contribution is -0.324.